The van der Waals surface area contributed by atoms with E-state index in [0.29, 0.717) is 0 Å². The highest BCUT2D eigenvalue weighted by molar-refractivity contribution is 7.27. The molecule has 0 aliphatic rings. The van der Waals surface area contributed by atoms with E-state index in [9.17, 15) is 0 Å². The second-order valence-corrected chi connectivity index (χ2v) is 25.9. The Morgan fingerprint density at radius 2 is 0.691 bits per heavy atom. The van der Waals surface area contributed by atoms with Gasteiger partial charge in [-0.3, -0.25) is 0 Å². The quantitative estimate of drug-likeness (QED) is 0.0383. The minimum Gasteiger partial charge on any atom is -0.172 e. The van der Waals surface area contributed by atoms with Crippen LogP contribution in [-0.4, -0.2) is 8.75 Å². The van der Waals surface area contributed by atoms with E-state index in [1.165, 1.54) is 250 Å². The van der Waals surface area contributed by atoms with Crippen molar-refractivity contribution in [2.24, 2.45) is 0 Å². The number of unbranched alkanes of at least 4 members (excludes halogenated alkanes) is 20. The second kappa shape index (κ2) is 28.5. The smallest absolute Gasteiger partial charge is 0.114 e. The maximum Gasteiger partial charge on any atom is 0.114 e. The van der Waals surface area contributed by atoms with Crippen LogP contribution < -0.4 is 0 Å². The fraction of sp³-hybridized carbons (Fsp3) is 0.567. The van der Waals surface area contributed by atoms with E-state index in [1.807, 2.05) is 56.7 Å². The molecule has 0 bridgehead atoms. The third-order valence-corrected chi connectivity index (χ3v) is 20.8. The second-order valence-electron chi connectivity index (χ2n) is 19.7. The number of nitrogens with zero attached hydrogens (tertiary/aromatic N) is 2. The van der Waals surface area contributed by atoms with Gasteiger partial charge in [0.2, 0.25) is 0 Å². The van der Waals surface area contributed by atoms with Gasteiger partial charge in [0.15, 0.2) is 0 Å². The van der Waals surface area contributed by atoms with Gasteiger partial charge in [0, 0.05) is 59.9 Å². The maximum atomic E-state index is 5.10. The average molecular weight is 1020 g/mol. The first kappa shape index (κ1) is 53.3. The maximum absolute atomic E-state index is 5.10. The third-order valence-electron chi connectivity index (χ3n) is 14.0. The minimum absolute atomic E-state index is 1.07. The normalized spacial score (nSPS) is 11.9. The molecular formula is C60H82N2S6. The van der Waals surface area contributed by atoms with Gasteiger partial charge in [-0.25, -0.2) is 0 Å². The molecule has 6 heterocycles. The van der Waals surface area contributed by atoms with Crippen LogP contribution in [0.15, 0.2) is 48.5 Å². The topological polar surface area (TPSA) is 25.8 Å². The summed E-state index contributed by atoms with van der Waals surface area (Å²) in [6.45, 7) is 13.9. The molecule has 368 valence electrons. The highest BCUT2D eigenvalue weighted by Crippen LogP contribution is 2.49. The van der Waals surface area contributed by atoms with Crippen molar-refractivity contribution >= 4 is 79.4 Å². The fourth-order valence-corrected chi connectivity index (χ4v) is 16.5. The van der Waals surface area contributed by atoms with Crippen molar-refractivity contribution in [2.75, 3.05) is 0 Å². The molecule has 1 aromatic carbocycles. The Hall–Kier alpha value is -2.46. The van der Waals surface area contributed by atoms with Gasteiger partial charge in [-0.15, -0.1) is 56.7 Å². The highest BCUT2D eigenvalue weighted by Gasteiger charge is 2.23. The van der Waals surface area contributed by atoms with Crippen molar-refractivity contribution < 1.29 is 0 Å². The zero-order valence-corrected chi connectivity index (χ0v) is 47.7. The number of hydrogen-bond donors (Lipinski definition) is 0. The van der Waals surface area contributed by atoms with Gasteiger partial charge < -0.3 is 0 Å². The van der Waals surface area contributed by atoms with Crippen LogP contribution in [0.25, 0.3) is 61.2 Å². The van der Waals surface area contributed by atoms with Crippen molar-refractivity contribution in [3.63, 3.8) is 0 Å². The monoisotopic (exact) mass is 1020 g/mol. The molecule has 0 radical (unpaired) electrons. The molecule has 0 atom stereocenters. The summed E-state index contributed by atoms with van der Waals surface area (Å²) in [7, 11) is 0. The predicted molar refractivity (Wildman–Crippen MR) is 312 cm³/mol. The molecule has 0 unspecified atom stereocenters. The first-order chi connectivity index (χ1) is 33.4. The molecule has 0 fully saturated rings. The molecule has 0 N–H and O–H groups in total. The van der Waals surface area contributed by atoms with Crippen LogP contribution in [0, 0.1) is 13.8 Å². The standard InChI is InChI=1S/C60H82N2S6/c1-7-11-15-19-23-27-31-45-39-54(64-44(45)6)59-46(32-28-24-20-16-12-8-2)40-52(65-59)49-36-37-50(57-56(49)61-68-62-57)53-41-47(33-29-25-21-17-13-9-3)60(66-53)55-42-48(34-30-26-22-18-14-10-4)58(67-55)51-38-35-43(5)63-51/h35-42H,7-34H2,1-6H3. The summed E-state index contributed by atoms with van der Waals surface area (Å²) >= 11 is 11.4. The van der Waals surface area contributed by atoms with E-state index in [-0.39, 0.29) is 0 Å². The lowest BCUT2D eigenvalue weighted by Gasteiger charge is -2.04. The van der Waals surface area contributed by atoms with E-state index < -0.39 is 0 Å². The number of benzene rings is 1. The Morgan fingerprint density at radius 3 is 1.12 bits per heavy atom. The molecule has 0 saturated carbocycles. The van der Waals surface area contributed by atoms with Gasteiger partial charge in [0.1, 0.15) is 11.0 Å². The van der Waals surface area contributed by atoms with Gasteiger partial charge in [-0.2, -0.15) is 8.75 Å². The van der Waals surface area contributed by atoms with E-state index in [2.05, 4.69) is 90.1 Å². The molecule has 0 aliphatic heterocycles. The van der Waals surface area contributed by atoms with Crippen LogP contribution in [0.3, 0.4) is 0 Å². The number of thiophene rings is 5. The summed E-state index contributed by atoms with van der Waals surface area (Å²) in [5.41, 5.74) is 10.8. The van der Waals surface area contributed by atoms with E-state index in [0.717, 1.165) is 23.9 Å². The molecule has 8 heteroatoms. The van der Waals surface area contributed by atoms with E-state index >= 15 is 0 Å². The Balaban J connectivity index is 1.20. The number of aromatic nitrogens is 2. The fourth-order valence-electron chi connectivity index (χ4n) is 9.93. The zero-order valence-electron chi connectivity index (χ0n) is 42.8. The molecule has 2 nitrogen and oxygen atoms in total. The number of aryl methyl sites for hydroxylation is 6. The van der Waals surface area contributed by atoms with Crippen molar-refractivity contribution in [1.29, 1.82) is 0 Å². The summed E-state index contributed by atoms with van der Waals surface area (Å²) in [6, 6.07) is 19.7. The number of hydrogen-bond acceptors (Lipinski definition) is 8. The Bertz CT molecular complexity index is 2530. The van der Waals surface area contributed by atoms with E-state index in [4.69, 9.17) is 8.75 Å². The lowest BCUT2D eigenvalue weighted by molar-refractivity contribution is 0.607. The molecule has 0 saturated heterocycles. The Morgan fingerprint density at radius 1 is 0.338 bits per heavy atom. The van der Waals surface area contributed by atoms with E-state index in [1.54, 1.807) is 11.1 Å². The molecule has 6 aromatic heterocycles. The minimum atomic E-state index is 1.07. The van der Waals surface area contributed by atoms with Crippen LogP contribution in [0.2, 0.25) is 0 Å². The van der Waals surface area contributed by atoms with Crippen LogP contribution >= 0.6 is 68.4 Å². The summed E-state index contributed by atoms with van der Waals surface area (Å²) in [6.07, 6.45) is 36.6. The first-order valence-corrected chi connectivity index (χ1v) is 32.0. The molecule has 0 amide bonds. The predicted octanol–water partition coefficient (Wildman–Crippen LogP) is 22.6. The highest BCUT2D eigenvalue weighted by atomic mass is 32.1. The number of fused-ring (bicyclic) bond motifs is 1. The summed E-state index contributed by atoms with van der Waals surface area (Å²) in [5, 5.41) is 0. The van der Waals surface area contributed by atoms with Crippen molar-refractivity contribution in [3.05, 3.63) is 80.5 Å². The van der Waals surface area contributed by atoms with Crippen molar-refractivity contribution in [2.45, 2.75) is 221 Å². The molecule has 0 spiro atoms. The van der Waals surface area contributed by atoms with Gasteiger partial charge >= 0.3 is 0 Å². The van der Waals surface area contributed by atoms with Crippen LogP contribution in [0.4, 0.5) is 0 Å². The summed E-state index contributed by atoms with van der Waals surface area (Å²) in [4.78, 5) is 14.4. The van der Waals surface area contributed by atoms with Gasteiger partial charge in [-0.1, -0.05) is 168 Å². The van der Waals surface area contributed by atoms with Gasteiger partial charge in [0.05, 0.1) is 11.7 Å². The van der Waals surface area contributed by atoms with Gasteiger partial charge in [-0.05, 0) is 124 Å². The lowest BCUT2D eigenvalue weighted by Crippen LogP contribution is -1.87. The largest absolute Gasteiger partial charge is 0.172 e. The zero-order chi connectivity index (χ0) is 47.5. The van der Waals surface area contributed by atoms with Gasteiger partial charge in [0.25, 0.3) is 0 Å². The molecule has 0 aliphatic carbocycles. The first-order valence-electron chi connectivity index (χ1n) is 27.2. The molecule has 7 aromatic rings. The van der Waals surface area contributed by atoms with Crippen LogP contribution in [-0.2, 0) is 25.7 Å². The van der Waals surface area contributed by atoms with Crippen molar-refractivity contribution in [1.82, 2.24) is 8.75 Å². The van der Waals surface area contributed by atoms with Crippen LogP contribution in [0.1, 0.15) is 214 Å². The third kappa shape index (κ3) is 14.8. The van der Waals surface area contributed by atoms with Crippen LogP contribution in [0.5, 0.6) is 0 Å². The Labute approximate surface area is 436 Å². The Kier molecular flexibility index (Phi) is 22.4. The molecule has 68 heavy (non-hydrogen) atoms. The SMILES string of the molecule is CCCCCCCCc1cc(-c2sc(-c3ccc(-c4cc(CCCCCCCC)c(-c5cc(CCCCCCCC)c(-c6ccc(C)s6)s5)s4)c4nsnc34)cc2CCCCCCCC)sc1C. The summed E-state index contributed by atoms with van der Waals surface area (Å²) < 4.78 is 10.2. The lowest BCUT2D eigenvalue weighted by atomic mass is 10.0. The number of rotatable bonds is 33. The summed E-state index contributed by atoms with van der Waals surface area (Å²) in [5.74, 6) is 0. The van der Waals surface area contributed by atoms with Crippen molar-refractivity contribution in [3.8, 4) is 50.1 Å². The molecular weight excluding hydrogens is 941 g/mol. The molecule has 7 rings (SSSR count). The average Bonchev–Trinajstić information content (AvgIpc) is 4.22.